The van der Waals surface area contributed by atoms with E-state index in [-0.39, 0.29) is 6.10 Å². The van der Waals surface area contributed by atoms with E-state index in [4.69, 9.17) is 4.52 Å². The molecule has 0 saturated carbocycles. The summed E-state index contributed by atoms with van der Waals surface area (Å²) in [5.41, 5.74) is 0.998. The van der Waals surface area contributed by atoms with Gasteiger partial charge in [-0.15, -0.1) is 0 Å². The smallest absolute Gasteiger partial charge is 0.124 e. The first-order valence-corrected chi connectivity index (χ1v) is 8.93. The normalized spacial score (nSPS) is 24.1. The maximum Gasteiger partial charge on any atom is 0.124 e. The summed E-state index contributed by atoms with van der Waals surface area (Å²) in [6, 6.07) is 1.93. The monoisotopic (exact) mass is 322 g/mol. The molecule has 2 aliphatic rings. The summed E-state index contributed by atoms with van der Waals surface area (Å²) >= 11 is 0. The summed E-state index contributed by atoms with van der Waals surface area (Å²) < 4.78 is 4.88. The predicted molar refractivity (Wildman–Crippen MR) is 89.1 cm³/mol. The summed E-state index contributed by atoms with van der Waals surface area (Å²) in [6.07, 6.45) is 3.94. The number of aliphatic hydroxyl groups excluding tert-OH is 1. The molecule has 2 saturated heterocycles. The molecule has 1 unspecified atom stereocenters. The molecule has 1 atom stereocenters. The van der Waals surface area contributed by atoms with E-state index in [2.05, 4.69) is 26.8 Å². The topological polar surface area (TPSA) is 56.0 Å². The third-order valence-electron chi connectivity index (χ3n) is 5.16. The molecular weight excluding hydrogens is 292 g/mol. The highest BCUT2D eigenvalue weighted by Gasteiger charge is 2.22. The van der Waals surface area contributed by atoms with Crippen LogP contribution in [0.3, 0.4) is 0 Å². The standard InChI is InChI=1S/C17H30N4O2/c1-15-2-5-19(6-3-15)13-17(22)14-21-9-7-20(8-10-21)12-16-4-11-23-18-16/h4,11,15,17,22H,2-3,5-10,12-14H2,1H3. The zero-order valence-corrected chi connectivity index (χ0v) is 14.2. The van der Waals surface area contributed by atoms with E-state index in [0.29, 0.717) is 0 Å². The minimum atomic E-state index is -0.231. The molecule has 6 nitrogen and oxygen atoms in total. The Kier molecular flexibility index (Phi) is 6.05. The fourth-order valence-electron chi connectivity index (χ4n) is 3.58. The Morgan fingerprint density at radius 3 is 2.30 bits per heavy atom. The van der Waals surface area contributed by atoms with Crippen molar-refractivity contribution in [3.63, 3.8) is 0 Å². The maximum absolute atomic E-state index is 10.4. The van der Waals surface area contributed by atoms with Gasteiger partial charge in [0.1, 0.15) is 6.26 Å². The Morgan fingerprint density at radius 1 is 1.09 bits per heavy atom. The first-order chi connectivity index (χ1) is 11.2. The van der Waals surface area contributed by atoms with E-state index in [1.54, 1.807) is 6.26 Å². The van der Waals surface area contributed by atoms with E-state index < -0.39 is 0 Å². The summed E-state index contributed by atoms with van der Waals surface area (Å²) in [5, 5.41) is 14.3. The van der Waals surface area contributed by atoms with Crippen molar-refractivity contribution >= 4 is 0 Å². The van der Waals surface area contributed by atoms with Crippen LogP contribution in [0.15, 0.2) is 16.9 Å². The molecule has 1 aromatic heterocycles. The number of likely N-dealkylation sites (tertiary alicyclic amines) is 1. The van der Waals surface area contributed by atoms with Gasteiger partial charge in [0.05, 0.1) is 11.8 Å². The second-order valence-corrected chi connectivity index (χ2v) is 7.20. The molecule has 0 aromatic carbocycles. The molecule has 2 aliphatic heterocycles. The lowest BCUT2D eigenvalue weighted by atomic mass is 9.99. The zero-order valence-electron chi connectivity index (χ0n) is 14.2. The highest BCUT2D eigenvalue weighted by Crippen LogP contribution is 2.16. The fraction of sp³-hybridized carbons (Fsp3) is 0.824. The molecule has 0 spiro atoms. The Balaban J connectivity index is 1.33. The predicted octanol–water partition coefficient (Wildman–Crippen LogP) is 0.885. The molecule has 23 heavy (non-hydrogen) atoms. The van der Waals surface area contributed by atoms with E-state index >= 15 is 0 Å². The van der Waals surface area contributed by atoms with Crippen molar-refractivity contribution in [1.82, 2.24) is 19.9 Å². The summed E-state index contributed by atoms with van der Waals surface area (Å²) in [5.74, 6) is 0.848. The van der Waals surface area contributed by atoms with E-state index in [1.165, 1.54) is 12.8 Å². The minimum Gasteiger partial charge on any atom is -0.390 e. The van der Waals surface area contributed by atoms with Gasteiger partial charge in [-0.1, -0.05) is 12.1 Å². The Morgan fingerprint density at radius 2 is 1.70 bits per heavy atom. The average Bonchev–Trinajstić information content (AvgIpc) is 3.04. The Bertz CT molecular complexity index is 437. The first-order valence-electron chi connectivity index (χ1n) is 8.93. The van der Waals surface area contributed by atoms with Crippen LogP contribution in [0.25, 0.3) is 0 Å². The summed E-state index contributed by atoms with van der Waals surface area (Å²) in [7, 11) is 0. The molecule has 0 amide bonds. The minimum absolute atomic E-state index is 0.231. The van der Waals surface area contributed by atoms with Gasteiger partial charge in [0.15, 0.2) is 0 Å². The third kappa shape index (κ3) is 5.28. The zero-order chi connectivity index (χ0) is 16.1. The number of rotatable bonds is 6. The van der Waals surface area contributed by atoms with Crippen LogP contribution in [-0.4, -0.2) is 83.4 Å². The molecule has 0 radical (unpaired) electrons. The van der Waals surface area contributed by atoms with Crippen LogP contribution in [0.2, 0.25) is 0 Å². The van der Waals surface area contributed by atoms with Gasteiger partial charge in [0.25, 0.3) is 0 Å². The number of hydrogen-bond acceptors (Lipinski definition) is 6. The van der Waals surface area contributed by atoms with Crippen molar-refractivity contribution in [3.05, 3.63) is 18.0 Å². The lowest BCUT2D eigenvalue weighted by Gasteiger charge is -2.37. The van der Waals surface area contributed by atoms with Gasteiger partial charge in [-0.25, -0.2) is 0 Å². The second kappa shape index (κ2) is 8.24. The molecule has 130 valence electrons. The maximum atomic E-state index is 10.4. The molecule has 3 rings (SSSR count). The molecule has 1 N–H and O–H groups in total. The third-order valence-corrected chi connectivity index (χ3v) is 5.16. The highest BCUT2D eigenvalue weighted by molar-refractivity contribution is 4.95. The SMILES string of the molecule is CC1CCN(CC(O)CN2CCN(Cc3ccon3)CC2)CC1. The van der Waals surface area contributed by atoms with Gasteiger partial charge in [-0.3, -0.25) is 9.80 Å². The van der Waals surface area contributed by atoms with Gasteiger partial charge in [0, 0.05) is 51.9 Å². The molecule has 0 bridgehead atoms. The summed E-state index contributed by atoms with van der Waals surface area (Å²) in [6.45, 7) is 11.2. The number of piperidine rings is 1. The van der Waals surface area contributed by atoms with Crippen molar-refractivity contribution < 1.29 is 9.63 Å². The van der Waals surface area contributed by atoms with Crippen molar-refractivity contribution in [3.8, 4) is 0 Å². The largest absolute Gasteiger partial charge is 0.390 e. The Labute approximate surface area is 139 Å². The highest BCUT2D eigenvalue weighted by atomic mass is 16.5. The van der Waals surface area contributed by atoms with Gasteiger partial charge in [-0.05, 0) is 31.8 Å². The number of β-amino-alcohol motifs (C(OH)–C–C–N with tert-alkyl or cyclic N) is 1. The van der Waals surface area contributed by atoms with Crippen LogP contribution < -0.4 is 0 Å². The van der Waals surface area contributed by atoms with Crippen molar-refractivity contribution in [2.24, 2.45) is 5.92 Å². The first kappa shape index (κ1) is 16.9. The van der Waals surface area contributed by atoms with Crippen molar-refractivity contribution in [2.45, 2.75) is 32.4 Å². The lowest BCUT2D eigenvalue weighted by molar-refractivity contribution is 0.0412. The Hall–Kier alpha value is -0.950. The molecule has 6 heteroatoms. The number of nitrogens with zero attached hydrogens (tertiary/aromatic N) is 4. The molecule has 2 fully saturated rings. The van der Waals surface area contributed by atoms with Crippen LogP contribution in [0, 0.1) is 5.92 Å². The van der Waals surface area contributed by atoms with Crippen LogP contribution in [0.4, 0.5) is 0 Å². The van der Waals surface area contributed by atoms with E-state index in [9.17, 15) is 5.11 Å². The van der Waals surface area contributed by atoms with Crippen molar-refractivity contribution in [2.75, 3.05) is 52.4 Å². The lowest BCUT2D eigenvalue weighted by Crippen LogP contribution is -2.50. The quantitative estimate of drug-likeness (QED) is 0.839. The van der Waals surface area contributed by atoms with Gasteiger partial charge in [-0.2, -0.15) is 0 Å². The number of hydrogen-bond donors (Lipinski definition) is 1. The van der Waals surface area contributed by atoms with Gasteiger partial charge >= 0.3 is 0 Å². The fourth-order valence-corrected chi connectivity index (χ4v) is 3.58. The van der Waals surface area contributed by atoms with E-state index in [1.807, 2.05) is 6.07 Å². The number of piperazine rings is 1. The number of aliphatic hydroxyl groups is 1. The molecular formula is C17H30N4O2. The average molecular weight is 322 g/mol. The molecule has 3 heterocycles. The van der Waals surface area contributed by atoms with Gasteiger partial charge in [0.2, 0.25) is 0 Å². The number of aromatic nitrogens is 1. The van der Waals surface area contributed by atoms with Crippen LogP contribution in [-0.2, 0) is 6.54 Å². The second-order valence-electron chi connectivity index (χ2n) is 7.20. The van der Waals surface area contributed by atoms with Crippen LogP contribution in [0.1, 0.15) is 25.5 Å². The van der Waals surface area contributed by atoms with Crippen molar-refractivity contribution in [1.29, 1.82) is 0 Å². The van der Waals surface area contributed by atoms with E-state index in [0.717, 1.165) is 70.5 Å². The van der Waals surface area contributed by atoms with Crippen LogP contribution >= 0.6 is 0 Å². The van der Waals surface area contributed by atoms with Gasteiger partial charge < -0.3 is 14.5 Å². The van der Waals surface area contributed by atoms with Crippen LogP contribution in [0.5, 0.6) is 0 Å². The summed E-state index contributed by atoms with van der Waals surface area (Å²) in [4.78, 5) is 7.20. The molecule has 0 aliphatic carbocycles. The molecule has 1 aromatic rings.